The van der Waals surface area contributed by atoms with Crippen LogP contribution in [0.15, 0.2) is 84.9 Å². The van der Waals surface area contributed by atoms with Gasteiger partial charge in [0.15, 0.2) is 5.78 Å². The minimum atomic E-state index is -1.46. The van der Waals surface area contributed by atoms with Gasteiger partial charge in [0.05, 0.1) is 26.1 Å². The molecular weight excluding hydrogens is 906 g/mol. The number of carbonyl (C=O) groups excluding carboxylic acids is 7. The third-order valence-electron chi connectivity index (χ3n) is 12.7. The molecule has 2 aliphatic heterocycles. The molecule has 0 radical (unpaired) electrons. The van der Waals surface area contributed by atoms with Crippen molar-refractivity contribution < 1.29 is 48.5 Å². The number of halogens is 1. The molecule has 18 heteroatoms. The number of esters is 1. The molecule has 0 saturated carbocycles. The minimum absolute atomic E-state index is 0.0222. The molecule has 4 aromatic rings. The average molecular weight is 967 g/mol. The largest absolute Gasteiger partial charge is 0.507 e. The van der Waals surface area contributed by atoms with Crippen LogP contribution >= 0.6 is 11.6 Å². The first-order valence-corrected chi connectivity index (χ1v) is 23.4. The molecule has 6 atom stereocenters. The summed E-state index contributed by atoms with van der Waals surface area (Å²) in [7, 11) is 2.69. The van der Waals surface area contributed by atoms with Crippen LogP contribution in [-0.2, 0) is 39.9 Å². The van der Waals surface area contributed by atoms with Crippen molar-refractivity contribution >= 4 is 52.9 Å². The van der Waals surface area contributed by atoms with Crippen LogP contribution in [0, 0.1) is 0 Å². The highest BCUT2D eigenvalue weighted by Gasteiger charge is 2.37. The van der Waals surface area contributed by atoms with Crippen molar-refractivity contribution in [1.29, 1.82) is 0 Å². The monoisotopic (exact) mass is 965 g/mol. The van der Waals surface area contributed by atoms with Crippen LogP contribution in [0.5, 0.6) is 11.5 Å². The van der Waals surface area contributed by atoms with Crippen molar-refractivity contribution in [2.24, 2.45) is 5.73 Å². The van der Waals surface area contributed by atoms with Crippen molar-refractivity contribution in [2.75, 3.05) is 33.8 Å². The number of ether oxygens (including phenoxy) is 1. The van der Waals surface area contributed by atoms with Crippen LogP contribution in [-0.4, -0.2) is 125 Å². The van der Waals surface area contributed by atoms with Gasteiger partial charge in [0, 0.05) is 41.2 Å². The van der Waals surface area contributed by atoms with E-state index < -0.39 is 59.7 Å². The molecule has 0 aromatic heterocycles. The molecule has 0 spiro atoms. The van der Waals surface area contributed by atoms with Gasteiger partial charge in [-0.3, -0.25) is 38.5 Å². The lowest BCUT2D eigenvalue weighted by Gasteiger charge is -2.32. The third kappa shape index (κ3) is 13.0. The molecule has 366 valence electrons. The Labute approximate surface area is 406 Å². The number of rotatable bonds is 16. The molecule has 17 nitrogen and oxygen atoms in total. The molecule has 8 N–H and O–H groups in total. The van der Waals surface area contributed by atoms with E-state index in [2.05, 4.69) is 21.3 Å². The fourth-order valence-electron chi connectivity index (χ4n) is 8.68. The van der Waals surface area contributed by atoms with Gasteiger partial charge in [-0.05, 0) is 130 Å². The van der Waals surface area contributed by atoms with Gasteiger partial charge in [0.25, 0.3) is 5.91 Å². The van der Waals surface area contributed by atoms with Crippen molar-refractivity contribution in [2.45, 2.75) is 95.0 Å². The number of ketones is 1. The summed E-state index contributed by atoms with van der Waals surface area (Å²) in [4.78, 5) is 99.4. The van der Waals surface area contributed by atoms with E-state index in [1.165, 1.54) is 58.3 Å². The van der Waals surface area contributed by atoms with E-state index in [4.69, 9.17) is 22.1 Å². The summed E-state index contributed by atoms with van der Waals surface area (Å²) in [6, 6.07) is 16.4. The Morgan fingerprint density at radius 2 is 1.54 bits per heavy atom. The molecule has 1 saturated heterocycles. The second kappa shape index (κ2) is 23.5. The SMILES string of the molecule is COC(=O)C[C@@H]1CCCN1CC(=O)[C@H](C)NC(=O)[C@@H]1Cc2ccc(O)c(c2)-c2cc(ccc2O)[C@H](N(C)C(=O)[C@H](CCCCN)NC(=O)c2ccc(-c3ccc(Cl)cc3)cc2)C(=O)N[C@@H](C)C(=O)N1. The lowest BCUT2D eigenvalue weighted by Crippen LogP contribution is -2.57. The van der Waals surface area contributed by atoms with Crippen LogP contribution < -0.4 is 27.0 Å². The smallest absolute Gasteiger partial charge is 0.307 e. The fraction of sp³-hybridized carbons (Fsp3) is 0.392. The summed E-state index contributed by atoms with van der Waals surface area (Å²) in [5.41, 5.74) is 8.71. The summed E-state index contributed by atoms with van der Waals surface area (Å²) < 4.78 is 4.82. The van der Waals surface area contributed by atoms with Gasteiger partial charge >= 0.3 is 5.97 Å². The highest BCUT2D eigenvalue weighted by Crippen LogP contribution is 2.39. The summed E-state index contributed by atoms with van der Waals surface area (Å²) in [6.45, 7) is 3.85. The first-order chi connectivity index (χ1) is 33.0. The lowest BCUT2D eigenvalue weighted by molar-refractivity contribution is -0.142. The quantitative estimate of drug-likeness (QED) is 0.0618. The maximum absolute atomic E-state index is 14.6. The summed E-state index contributed by atoms with van der Waals surface area (Å²) in [5, 5.41) is 33.9. The number of aromatic hydroxyl groups is 2. The normalized spacial score (nSPS) is 19.2. The molecule has 2 aliphatic rings. The molecule has 0 unspecified atom stereocenters. The zero-order valence-electron chi connectivity index (χ0n) is 39.1. The van der Waals surface area contributed by atoms with E-state index in [1.54, 1.807) is 42.5 Å². The van der Waals surface area contributed by atoms with Crippen LogP contribution in [0.2, 0.25) is 5.02 Å². The van der Waals surface area contributed by atoms with Gasteiger partial charge in [0.1, 0.15) is 35.7 Å². The van der Waals surface area contributed by atoms with Crippen molar-refractivity contribution in [1.82, 2.24) is 31.1 Å². The Hall–Kier alpha value is -6.82. The number of nitrogens with one attached hydrogen (secondary N) is 4. The van der Waals surface area contributed by atoms with Crippen LogP contribution in [0.4, 0.5) is 0 Å². The molecule has 4 aromatic carbocycles. The number of unbranched alkanes of at least 4 members (excludes halogenated alkanes) is 1. The number of Topliss-reactive ketones (excluding diaryl/α,β-unsaturated/α-hetero) is 1. The third-order valence-corrected chi connectivity index (χ3v) is 13.0. The van der Waals surface area contributed by atoms with Gasteiger partial charge in [-0.1, -0.05) is 48.0 Å². The zero-order valence-corrected chi connectivity index (χ0v) is 39.9. The van der Waals surface area contributed by atoms with Gasteiger partial charge in [-0.15, -0.1) is 0 Å². The maximum Gasteiger partial charge on any atom is 0.307 e. The number of fused-ring (bicyclic) bond motifs is 5. The van der Waals surface area contributed by atoms with E-state index in [9.17, 15) is 43.8 Å². The molecule has 4 bridgehead atoms. The minimum Gasteiger partial charge on any atom is -0.507 e. The molecule has 6 rings (SSSR count). The summed E-state index contributed by atoms with van der Waals surface area (Å²) in [6.07, 6.45) is 2.70. The summed E-state index contributed by atoms with van der Waals surface area (Å²) >= 11 is 6.06. The highest BCUT2D eigenvalue weighted by atomic mass is 35.5. The van der Waals surface area contributed by atoms with E-state index in [-0.39, 0.29) is 77.4 Å². The van der Waals surface area contributed by atoms with Crippen molar-refractivity contribution in [3.05, 3.63) is 107 Å². The Bertz CT molecular complexity index is 2540. The number of hydrogen-bond acceptors (Lipinski definition) is 12. The number of carbonyl (C=O) groups is 7. The van der Waals surface area contributed by atoms with Crippen LogP contribution in [0.1, 0.15) is 79.9 Å². The number of nitrogens with two attached hydrogens (primary N) is 1. The maximum atomic E-state index is 14.6. The number of amides is 5. The lowest BCUT2D eigenvalue weighted by atomic mass is 9.93. The Morgan fingerprint density at radius 3 is 2.20 bits per heavy atom. The average Bonchev–Trinajstić information content (AvgIpc) is 3.77. The first-order valence-electron chi connectivity index (χ1n) is 23.0. The second-order valence-corrected chi connectivity index (χ2v) is 18.0. The topological polar surface area (TPSA) is 250 Å². The highest BCUT2D eigenvalue weighted by molar-refractivity contribution is 6.30. The van der Waals surface area contributed by atoms with E-state index >= 15 is 0 Å². The molecule has 0 aliphatic carbocycles. The molecule has 69 heavy (non-hydrogen) atoms. The Kier molecular flexibility index (Phi) is 17.5. The standard InChI is InChI=1S/C51H60ClN7O10/c1-29(44(62)28-59-23-7-8-37(59)27-45(63)69-4)54-49(66)41-25-31-10-20-42(60)38(24-31)39-26-35(17-21-43(39)61)46(50(67)55-30(2)47(64)57-41)58(3)51(68)40(9-5-6-22-53)56-48(65)34-13-11-32(12-14-34)33-15-18-36(52)19-16-33/h10-21,24,26,29-30,37,40-41,46,60-61H,5-9,22-23,25,27-28,53H2,1-4H3,(H,54,66)(H,55,67)(H,56,65)(H,57,64)/t29-,30-,37-,40-,41-,46-/m0/s1. The van der Waals surface area contributed by atoms with Crippen molar-refractivity contribution in [3.8, 4) is 33.8 Å². The zero-order chi connectivity index (χ0) is 49.9. The number of benzene rings is 4. The molecule has 2 heterocycles. The Morgan fingerprint density at radius 1 is 0.884 bits per heavy atom. The van der Waals surface area contributed by atoms with Crippen molar-refractivity contribution in [3.63, 3.8) is 0 Å². The number of likely N-dealkylation sites (N-methyl/N-ethyl adjacent to an activating group) is 1. The van der Waals surface area contributed by atoms with E-state index in [0.29, 0.717) is 42.9 Å². The number of phenols is 2. The number of hydrogen-bond donors (Lipinski definition) is 7. The van der Waals surface area contributed by atoms with Gasteiger partial charge in [0.2, 0.25) is 23.6 Å². The molecular formula is C51H60ClN7O10. The fourth-order valence-corrected chi connectivity index (χ4v) is 8.80. The van der Waals surface area contributed by atoms with E-state index in [1.807, 2.05) is 17.0 Å². The number of nitrogens with zero attached hydrogens (tertiary/aromatic N) is 2. The van der Waals surface area contributed by atoms with Gasteiger partial charge in [-0.2, -0.15) is 0 Å². The molecule has 5 amide bonds. The number of methoxy groups -OCH3 is 1. The molecule has 1 fully saturated rings. The van der Waals surface area contributed by atoms with E-state index in [0.717, 1.165) is 22.4 Å². The van der Waals surface area contributed by atoms with Gasteiger partial charge in [-0.25, -0.2) is 0 Å². The second-order valence-electron chi connectivity index (χ2n) is 17.6. The predicted octanol–water partition coefficient (Wildman–Crippen LogP) is 4.16. The first kappa shape index (κ1) is 51.6. The number of phenolic OH excluding ortho intramolecular Hbond substituents is 2. The number of likely N-dealkylation sites (tertiary alicyclic amines) is 1. The van der Waals surface area contributed by atoms with Crippen LogP contribution in [0.25, 0.3) is 22.3 Å². The Balaban J connectivity index is 1.26. The van der Waals surface area contributed by atoms with Crippen LogP contribution in [0.3, 0.4) is 0 Å². The predicted molar refractivity (Wildman–Crippen MR) is 259 cm³/mol. The summed E-state index contributed by atoms with van der Waals surface area (Å²) in [5.74, 6) is -4.66. The van der Waals surface area contributed by atoms with Gasteiger partial charge < -0.3 is 46.9 Å².